The van der Waals surface area contributed by atoms with E-state index in [4.69, 9.17) is 4.98 Å². The van der Waals surface area contributed by atoms with Gasteiger partial charge in [-0.25, -0.2) is 4.98 Å². The predicted molar refractivity (Wildman–Crippen MR) is 113 cm³/mol. The zero-order valence-corrected chi connectivity index (χ0v) is 15.4. The SMILES string of the molecule is c1ccc(-c2ccc3nc4ccccc4[siH]c3c2-c2ccccc2)cc1. The number of hydrogen-bond acceptors (Lipinski definition) is 1. The molecule has 0 saturated carbocycles. The summed E-state index contributed by atoms with van der Waals surface area (Å²) in [7, 11) is 0.0141. The number of rotatable bonds is 2. The zero-order chi connectivity index (χ0) is 17.3. The summed E-state index contributed by atoms with van der Waals surface area (Å²) in [5.74, 6) is 0. The minimum Gasteiger partial charge on any atom is -0.249 e. The molecule has 2 heteroatoms. The van der Waals surface area contributed by atoms with Gasteiger partial charge in [0.05, 0.1) is 11.0 Å². The molecule has 26 heavy (non-hydrogen) atoms. The highest BCUT2D eigenvalue weighted by molar-refractivity contribution is 6.60. The molecule has 5 aromatic rings. The monoisotopic (exact) mass is 347 g/mol. The van der Waals surface area contributed by atoms with E-state index >= 15 is 0 Å². The summed E-state index contributed by atoms with van der Waals surface area (Å²) in [6.45, 7) is 0. The van der Waals surface area contributed by atoms with Crippen molar-refractivity contribution in [3.63, 3.8) is 0 Å². The molecule has 1 heterocycles. The minimum absolute atomic E-state index is 0.0141. The normalized spacial score (nSPS) is 11.1. The molecule has 0 fully saturated rings. The Hall–Kier alpha value is -3.10. The van der Waals surface area contributed by atoms with Crippen LogP contribution in [-0.4, -0.2) is 14.1 Å². The topological polar surface area (TPSA) is 12.9 Å². The Balaban J connectivity index is 1.92. The zero-order valence-electron chi connectivity index (χ0n) is 14.3. The highest BCUT2D eigenvalue weighted by Crippen LogP contribution is 2.37. The molecule has 5 rings (SSSR count). The summed E-state index contributed by atoms with van der Waals surface area (Å²) in [6, 6.07) is 34.4. The highest BCUT2D eigenvalue weighted by Gasteiger charge is 2.13. The van der Waals surface area contributed by atoms with E-state index in [9.17, 15) is 0 Å². The quantitative estimate of drug-likeness (QED) is 0.291. The average Bonchev–Trinajstić information content (AvgIpc) is 2.72. The number of hydrogen-bond donors (Lipinski definition) is 0. The van der Waals surface area contributed by atoms with Gasteiger partial charge >= 0.3 is 0 Å². The molecule has 0 aliphatic carbocycles. The lowest BCUT2D eigenvalue weighted by atomic mass is 9.94. The van der Waals surface area contributed by atoms with E-state index in [2.05, 4.69) is 97.1 Å². The molecule has 4 aromatic carbocycles. The maximum Gasteiger partial charge on any atom is 0.0669 e. The van der Waals surface area contributed by atoms with Gasteiger partial charge in [0.15, 0.2) is 0 Å². The summed E-state index contributed by atoms with van der Waals surface area (Å²) >= 11 is 0. The van der Waals surface area contributed by atoms with E-state index in [1.54, 1.807) is 0 Å². The van der Waals surface area contributed by atoms with Gasteiger partial charge in [-0.3, -0.25) is 0 Å². The van der Waals surface area contributed by atoms with Crippen molar-refractivity contribution >= 4 is 30.1 Å². The van der Waals surface area contributed by atoms with Crippen LogP contribution in [0.2, 0.25) is 0 Å². The first-order valence-corrected chi connectivity index (χ1v) is 9.99. The highest BCUT2D eigenvalue weighted by atomic mass is 28.2. The van der Waals surface area contributed by atoms with E-state index in [0.29, 0.717) is 0 Å². The summed E-state index contributed by atoms with van der Waals surface area (Å²) < 4.78 is 0. The Morgan fingerprint density at radius 1 is 0.538 bits per heavy atom. The molecule has 0 unspecified atom stereocenters. The minimum atomic E-state index is 0.0141. The molecule has 0 spiro atoms. The van der Waals surface area contributed by atoms with Crippen molar-refractivity contribution in [2.75, 3.05) is 0 Å². The van der Waals surface area contributed by atoms with E-state index < -0.39 is 0 Å². The fourth-order valence-electron chi connectivity index (χ4n) is 3.62. The number of aromatic nitrogens is 1. The van der Waals surface area contributed by atoms with Crippen LogP contribution in [0.3, 0.4) is 0 Å². The summed E-state index contributed by atoms with van der Waals surface area (Å²) in [5, 5.41) is 0. The Morgan fingerprint density at radius 2 is 1.19 bits per heavy atom. The molecule has 0 aliphatic rings. The molecule has 0 aliphatic heterocycles. The van der Waals surface area contributed by atoms with Crippen molar-refractivity contribution in [2.24, 2.45) is 0 Å². The third-order valence-corrected chi connectivity index (χ3v) is 6.52. The molecule has 1 aromatic heterocycles. The van der Waals surface area contributed by atoms with Crippen molar-refractivity contribution in [1.82, 2.24) is 4.98 Å². The van der Waals surface area contributed by atoms with Gasteiger partial charge in [-0.15, -0.1) is 0 Å². The first-order chi connectivity index (χ1) is 12.9. The van der Waals surface area contributed by atoms with Gasteiger partial charge in [0.25, 0.3) is 0 Å². The van der Waals surface area contributed by atoms with Crippen LogP contribution in [-0.2, 0) is 0 Å². The second-order valence-corrected chi connectivity index (χ2v) is 7.96. The van der Waals surface area contributed by atoms with Gasteiger partial charge in [-0.05, 0) is 44.4 Å². The van der Waals surface area contributed by atoms with Crippen LogP contribution in [0.5, 0.6) is 0 Å². The number of benzene rings is 4. The smallest absolute Gasteiger partial charge is 0.0669 e. The second kappa shape index (κ2) is 6.32. The molecule has 0 atom stereocenters. The van der Waals surface area contributed by atoms with Crippen molar-refractivity contribution < 1.29 is 0 Å². The molecule has 0 amide bonds. The summed E-state index contributed by atoms with van der Waals surface area (Å²) in [5.41, 5.74) is 7.40. The molecular weight excluding hydrogens is 330 g/mol. The molecular formula is C24H17NSi. The van der Waals surface area contributed by atoms with Crippen molar-refractivity contribution in [3.05, 3.63) is 97.1 Å². The number of nitrogens with zero attached hydrogens (tertiary/aromatic N) is 1. The lowest BCUT2D eigenvalue weighted by Crippen LogP contribution is -1.94. The van der Waals surface area contributed by atoms with Gasteiger partial charge in [0.2, 0.25) is 0 Å². The molecule has 0 radical (unpaired) electrons. The van der Waals surface area contributed by atoms with Crippen LogP contribution >= 0.6 is 0 Å². The van der Waals surface area contributed by atoms with Crippen LogP contribution in [0, 0.1) is 0 Å². The first kappa shape index (κ1) is 15.2. The Kier molecular flexibility index (Phi) is 3.69. The first-order valence-electron chi connectivity index (χ1n) is 8.83. The molecule has 0 N–H and O–H groups in total. The fourth-order valence-corrected chi connectivity index (χ4v) is 5.23. The van der Waals surface area contributed by atoms with E-state index in [1.807, 2.05) is 0 Å². The van der Waals surface area contributed by atoms with Crippen LogP contribution in [0.1, 0.15) is 0 Å². The third kappa shape index (κ3) is 2.56. The van der Waals surface area contributed by atoms with Crippen LogP contribution in [0.15, 0.2) is 97.1 Å². The van der Waals surface area contributed by atoms with Crippen molar-refractivity contribution in [2.45, 2.75) is 0 Å². The number of fused-ring (bicyclic) bond motifs is 2. The predicted octanol–water partition coefficient (Wildman–Crippen LogP) is 5.79. The van der Waals surface area contributed by atoms with E-state index in [1.165, 1.54) is 32.2 Å². The van der Waals surface area contributed by atoms with Gasteiger partial charge in [0.1, 0.15) is 0 Å². The lowest BCUT2D eigenvalue weighted by molar-refractivity contribution is 1.51. The summed E-state index contributed by atoms with van der Waals surface area (Å²) in [6.07, 6.45) is 0. The van der Waals surface area contributed by atoms with Crippen LogP contribution < -0.4 is 0 Å². The number of para-hydroxylation sites is 1. The maximum atomic E-state index is 4.95. The van der Waals surface area contributed by atoms with E-state index in [0.717, 1.165) is 11.0 Å². The van der Waals surface area contributed by atoms with Crippen LogP contribution in [0.25, 0.3) is 43.3 Å². The molecule has 122 valence electrons. The fraction of sp³-hybridized carbons (Fsp3) is 0. The molecule has 0 bridgehead atoms. The van der Waals surface area contributed by atoms with Gasteiger partial charge < -0.3 is 0 Å². The standard InChI is InChI=1S/C24H17NSi/c1-3-9-17(10-4-1)19-15-16-21-24(23(19)18-11-5-2-6-12-18)26-22-14-8-7-13-20(22)25-21/h1-16,26H. The van der Waals surface area contributed by atoms with Gasteiger partial charge in [0, 0.05) is 9.12 Å². The molecule has 0 saturated heterocycles. The Bertz CT molecular complexity index is 1210. The van der Waals surface area contributed by atoms with Crippen molar-refractivity contribution in [3.8, 4) is 22.3 Å². The molecule has 1 nitrogen and oxygen atoms in total. The lowest BCUT2D eigenvalue weighted by Gasteiger charge is -2.14. The van der Waals surface area contributed by atoms with Gasteiger partial charge in [-0.2, -0.15) is 0 Å². The second-order valence-electron chi connectivity index (χ2n) is 6.47. The van der Waals surface area contributed by atoms with Crippen molar-refractivity contribution in [1.29, 1.82) is 0 Å². The Labute approximate surface area is 154 Å². The third-order valence-electron chi connectivity index (χ3n) is 4.85. The average molecular weight is 347 g/mol. The van der Waals surface area contributed by atoms with Crippen LogP contribution in [0.4, 0.5) is 0 Å². The maximum absolute atomic E-state index is 4.95. The Morgan fingerprint density at radius 3 is 1.96 bits per heavy atom. The summed E-state index contributed by atoms with van der Waals surface area (Å²) in [4.78, 5) is 7.73. The largest absolute Gasteiger partial charge is 0.249 e. The van der Waals surface area contributed by atoms with E-state index in [-0.39, 0.29) is 9.12 Å². The van der Waals surface area contributed by atoms with Gasteiger partial charge in [-0.1, -0.05) is 84.9 Å².